The number of ether oxygens (including phenoxy) is 1. The lowest BCUT2D eigenvalue weighted by Crippen LogP contribution is -2.26. The first kappa shape index (κ1) is 15.3. The topological polar surface area (TPSA) is 82.3 Å². The van der Waals surface area contributed by atoms with Crippen LogP contribution in [0, 0.1) is 18.3 Å². The van der Waals surface area contributed by atoms with Crippen molar-refractivity contribution in [3.8, 4) is 11.8 Å². The van der Waals surface area contributed by atoms with Crippen molar-refractivity contribution in [1.82, 2.24) is 9.97 Å². The minimum absolute atomic E-state index is 0.0477. The predicted molar refractivity (Wildman–Crippen MR) is 85.2 cm³/mol. The Balaban J connectivity index is 2.00. The van der Waals surface area contributed by atoms with E-state index in [0.29, 0.717) is 24.6 Å². The Bertz CT molecular complexity index is 756. The van der Waals surface area contributed by atoms with Crippen molar-refractivity contribution < 1.29 is 9.84 Å². The van der Waals surface area contributed by atoms with Crippen LogP contribution in [0.5, 0.6) is 5.75 Å². The van der Waals surface area contributed by atoms with Gasteiger partial charge in [-0.2, -0.15) is 5.26 Å². The molecule has 0 unspecified atom stereocenters. The molecule has 6 nitrogen and oxygen atoms in total. The van der Waals surface area contributed by atoms with Crippen LogP contribution in [-0.2, 0) is 0 Å². The Labute approximate surface area is 135 Å². The number of nitriles is 1. The molecule has 6 heteroatoms. The van der Waals surface area contributed by atoms with E-state index in [4.69, 9.17) is 10.00 Å². The second kappa shape index (κ2) is 6.23. The zero-order valence-corrected chi connectivity index (χ0v) is 13.1. The largest absolute Gasteiger partial charge is 0.497 e. The van der Waals surface area contributed by atoms with Crippen molar-refractivity contribution >= 4 is 5.95 Å². The highest BCUT2D eigenvalue weighted by atomic mass is 16.5. The first-order chi connectivity index (χ1) is 11.1. The fourth-order valence-corrected chi connectivity index (χ4v) is 2.94. The average molecular weight is 310 g/mol. The maximum Gasteiger partial charge on any atom is 0.227 e. The predicted octanol–water partition coefficient (Wildman–Crippen LogP) is 1.98. The highest BCUT2D eigenvalue weighted by molar-refractivity contribution is 5.43. The lowest BCUT2D eigenvalue weighted by atomic mass is 10.0. The monoisotopic (exact) mass is 310 g/mol. The number of hydrogen-bond donors (Lipinski definition) is 1. The number of benzene rings is 1. The van der Waals surface area contributed by atoms with Gasteiger partial charge in [0.2, 0.25) is 5.95 Å². The Morgan fingerprint density at radius 3 is 2.91 bits per heavy atom. The van der Waals surface area contributed by atoms with Gasteiger partial charge in [-0.05, 0) is 37.1 Å². The third-order valence-electron chi connectivity index (χ3n) is 3.97. The molecule has 2 aromatic rings. The molecule has 0 spiro atoms. The van der Waals surface area contributed by atoms with Crippen molar-refractivity contribution in [1.29, 1.82) is 5.26 Å². The summed E-state index contributed by atoms with van der Waals surface area (Å²) in [6, 6.07) is 11.4. The fourth-order valence-electron chi connectivity index (χ4n) is 2.94. The first-order valence-corrected chi connectivity index (χ1v) is 7.45. The van der Waals surface area contributed by atoms with Gasteiger partial charge in [-0.3, -0.25) is 0 Å². The average Bonchev–Trinajstić information content (AvgIpc) is 2.96. The second-order valence-electron chi connectivity index (χ2n) is 5.64. The second-order valence-corrected chi connectivity index (χ2v) is 5.64. The molecule has 1 aromatic heterocycles. The first-order valence-electron chi connectivity index (χ1n) is 7.45. The summed E-state index contributed by atoms with van der Waals surface area (Å²) >= 11 is 0. The molecular formula is C17H18N4O2. The van der Waals surface area contributed by atoms with Crippen LogP contribution >= 0.6 is 0 Å². The van der Waals surface area contributed by atoms with E-state index in [1.54, 1.807) is 13.2 Å². The van der Waals surface area contributed by atoms with Crippen LogP contribution < -0.4 is 9.64 Å². The number of nitrogens with zero attached hydrogens (tertiary/aromatic N) is 4. The number of β-amino-alcohol motifs (C(OH)–C–C–N with tert-alkyl or cyclic N) is 1. The molecule has 1 aromatic carbocycles. The van der Waals surface area contributed by atoms with E-state index >= 15 is 0 Å². The summed E-state index contributed by atoms with van der Waals surface area (Å²) in [6.07, 6.45) is 0.132. The van der Waals surface area contributed by atoms with Crippen molar-refractivity contribution in [2.45, 2.75) is 25.5 Å². The van der Waals surface area contributed by atoms with Crippen LogP contribution in [0.2, 0.25) is 0 Å². The number of rotatable bonds is 3. The van der Waals surface area contributed by atoms with Gasteiger partial charge in [-0.1, -0.05) is 12.1 Å². The number of methoxy groups -OCH3 is 1. The van der Waals surface area contributed by atoms with Crippen LogP contribution in [0.4, 0.5) is 5.95 Å². The molecule has 23 heavy (non-hydrogen) atoms. The van der Waals surface area contributed by atoms with E-state index in [0.717, 1.165) is 17.0 Å². The summed E-state index contributed by atoms with van der Waals surface area (Å²) in [5, 5.41) is 19.2. The Kier molecular flexibility index (Phi) is 4.13. The molecule has 0 saturated carbocycles. The van der Waals surface area contributed by atoms with Crippen molar-refractivity contribution in [3.63, 3.8) is 0 Å². The zero-order valence-electron chi connectivity index (χ0n) is 13.1. The summed E-state index contributed by atoms with van der Waals surface area (Å²) in [5.41, 5.74) is 2.10. The number of hydrogen-bond acceptors (Lipinski definition) is 6. The van der Waals surface area contributed by atoms with E-state index in [2.05, 4.69) is 16.0 Å². The minimum Gasteiger partial charge on any atom is -0.497 e. The van der Waals surface area contributed by atoms with E-state index in [9.17, 15) is 5.11 Å². The van der Waals surface area contributed by atoms with Gasteiger partial charge in [-0.25, -0.2) is 9.97 Å². The number of anilines is 1. The van der Waals surface area contributed by atoms with Gasteiger partial charge < -0.3 is 14.7 Å². The standard InChI is InChI=1S/C17H18N4O2/c1-11-6-13(9-18)20-17(19-11)21-10-14(22)8-16(21)12-4-3-5-15(7-12)23-2/h3-7,14,16,22H,8,10H2,1-2H3/t14-,16-/m1/s1. The Morgan fingerprint density at radius 1 is 1.35 bits per heavy atom. The maximum atomic E-state index is 10.1. The van der Waals surface area contributed by atoms with E-state index < -0.39 is 6.10 Å². The molecule has 3 rings (SSSR count). The van der Waals surface area contributed by atoms with Crippen LogP contribution in [0.15, 0.2) is 30.3 Å². The SMILES string of the molecule is COc1cccc([C@H]2C[C@@H](O)CN2c2nc(C)cc(C#N)n2)c1. The number of aliphatic hydroxyl groups is 1. The minimum atomic E-state index is -0.458. The molecule has 1 N–H and O–H groups in total. The van der Waals surface area contributed by atoms with Gasteiger partial charge in [0, 0.05) is 12.2 Å². The molecule has 0 aliphatic carbocycles. The third-order valence-corrected chi connectivity index (χ3v) is 3.97. The summed E-state index contributed by atoms with van der Waals surface area (Å²) in [5.74, 6) is 1.25. The molecule has 118 valence electrons. The molecule has 2 atom stereocenters. The summed E-state index contributed by atoms with van der Waals surface area (Å²) in [6.45, 7) is 2.27. The molecule has 2 heterocycles. The quantitative estimate of drug-likeness (QED) is 0.933. The van der Waals surface area contributed by atoms with Gasteiger partial charge in [0.05, 0.1) is 19.3 Å². The third kappa shape index (κ3) is 3.10. The van der Waals surface area contributed by atoms with Gasteiger partial charge >= 0.3 is 0 Å². The fraction of sp³-hybridized carbons (Fsp3) is 0.353. The highest BCUT2D eigenvalue weighted by Gasteiger charge is 2.34. The zero-order chi connectivity index (χ0) is 16.4. The van der Waals surface area contributed by atoms with Gasteiger partial charge in [0.1, 0.15) is 17.5 Å². The van der Waals surface area contributed by atoms with Gasteiger partial charge in [0.15, 0.2) is 0 Å². The normalized spacial score (nSPS) is 20.3. The van der Waals surface area contributed by atoms with E-state index in [1.807, 2.05) is 36.1 Å². The van der Waals surface area contributed by atoms with Crippen molar-refractivity contribution in [3.05, 3.63) is 47.3 Å². The number of aryl methyl sites for hydroxylation is 1. The van der Waals surface area contributed by atoms with Crippen LogP contribution in [0.3, 0.4) is 0 Å². The lowest BCUT2D eigenvalue weighted by Gasteiger charge is -2.25. The molecule has 1 aliphatic rings. The molecule has 0 bridgehead atoms. The smallest absolute Gasteiger partial charge is 0.227 e. The highest BCUT2D eigenvalue weighted by Crippen LogP contribution is 2.36. The molecule has 1 fully saturated rings. The maximum absolute atomic E-state index is 10.1. The van der Waals surface area contributed by atoms with Crippen LogP contribution in [-0.4, -0.2) is 34.8 Å². The molecule has 0 radical (unpaired) electrons. The molecular weight excluding hydrogens is 292 g/mol. The lowest BCUT2D eigenvalue weighted by molar-refractivity contribution is 0.194. The summed E-state index contributed by atoms with van der Waals surface area (Å²) < 4.78 is 5.28. The van der Waals surface area contributed by atoms with Crippen molar-refractivity contribution in [2.75, 3.05) is 18.6 Å². The van der Waals surface area contributed by atoms with Crippen LogP contribution in [0.25, 0.3) is 0 Å². The summed E-state index contributed by atoms with van der Waals surface area (Å²) in [7, 11) is 1.63. The van der Waals surface area contributed by atoms with E-state index in [1.165, 1.54) is 0 Å². The van der Waals surface area contributed by atoms with Crippen molar-refractivity contribution in [2.24, 2.45) is 0 Å². The van der Waals surface area contributed by atoms with E-state index in [-0.39, 0.29) is 6.04 Å². The number of aliphatic hydroxyl groups excluding tert-OH is 1. The Hall–Kier alpha value is -2.65. The molecule has 0 amide bonds. The molecule has 1 aliphatic heterocycles. The van der Waals surface area contributed by atoms with Crippen LogP contribution in [0.1, 0.15) is 29.4 Å². The van der Waals surface area contributed by atoms with Gasteiger partial charge in [0.25, 0.3) is 0 Å². The summed E-state index contributed by atoms with van der Waals surface area (Å²) in [4.78, 5) is 10.7. The molecule has 1 saturated heterocycles. The Morgan fingerprint density at radius 2 is 2.17 bits per heavy atom. The number of aromatic nitrogens is 2. The van der Waals surface area contributed by atoms with Gasteiger partial charge in [-0.15, -0.1) is 0 Å².